The van der Waals surface area contributed by atoms with Gasteiger partial charge in [0.1, 0.15) is 5.75 Å². The zero-order valence-electron chi connectivity index (χ0n) is 17.5. The molecule has 2 aromatic rings. The Morgan fingerprint density at radius 1 is 1.10 bits per heavy atom. The van der Waals surface area contributed by atoms with Gasteiger partial charge in [0.2, 0.25) is 0 Å². The first kappa shape index (κ1) is 21.6. The van der Waals surface area contributed by atoms with Crippen LogP contribution in [0.15, 0.2) is 40.9 Å². The van der Waals surface area contributed by atoms with Crippen LogP contribution in [0.3, 0.4) is 0 Å². The molecule has 0 saturated heterocycles. The van der Waals surface area contributed by atoms with Crippen molar-refractivity contribution < 1.29 is 19.1 Å². The number of aryl methyl sites for hydroxylation is 2. The van der Waals surface area contributed by atoms with Crippen LogP contribution < -0.4 is 4.74 Å². The molecular formula is C24H27BrO4. The third-order valence-electron chi connectivity index (χ3n) is 5.29. The summed E-state index contributed by atoms with van der Waals surface area (Å²) in [6, 6.07) is 11.7. The normalized spacial score (nSPS) is 18.3. The fourth-order valence-corrected chi connectivity index (χ4v) is 3.91. The van der Waals surface area contributed by atoms with E-state index in [1.807, 2.05) is 38.1 Å². The van der Waals surface area contributed by atoms with E-state index in [1.165, 1.54) is 0 Å². The molecule has 1 saturated carbocycles. The molecule has 0 aliphatic heterocycles. The van der Waals surface area contributed by atoms with Gasteiger partial charge in [0, 0.05) is 16.0 Å². The fourth-order valence-electron chi connectivity index (χ4n) is 3.64. The molecule has 0 heterocycles. The maximum absolute atomic E-state index is 12.8. The average Bonchev–Trinajstić information content (AvgIpc) is 3.45. The third kappa shape index (κ3) is 4.72. The molecule has 1 fully saturated rings. The molecule has 5 heteroatoms. The first-order valence-corrected chi connectivity index (χ1v) is 10.7. The summed E-state index contributed by atoms with van der Waals surface area (Å²) in [7, 11) is 0. The first-order valence-electron chi connectivity index (χ1n) is 9.91. The fraction of sp³-hybridized carbons (Fsp3) is 0.417. The largest absolute Gasteiger partial charge is 0.476 e. The molecule has 0 bridgehead atoms. The van der Waals surface area contributed by atoms with Crippen LogP contribution in [0.2, 0.25) is 0 Å². The number of rotatable bonds is 7. The van der Waals surface area contributed by atoms with Gasteiger partial charge in [-0.1, -0.05) is 40.2 Å². The lowest BCUT2D eigenvalue weighted by Crippen LogP contribution is -2.40. The summed E-state index contributed by atoms with van der Waals surface area (Å²) in [6.45, 7) is 9.47. The summed E-state index contributed by atoms with van der Waals surface area (Å²) in [5, 5.41) is 0. The van der Waals surface area contributed by atoms with Crippen molar-refractivity contribution in [1.29, 1.82) is 0 Å². The number of ether oxygens (including phenoxy) is 2. The van der Waals surface area contributed by atoms with E-state index in [0.29, 0.717) is 12.4 Å². The highest BCUT2D eigenvalue weighted by atomic mass is 79.9. The van der Waals surface area contributed by atoms with Crippen LogP contribution in [0.5, 0.6) is 5.75 Å². The van der Waals surface area contributed by atoms with Crippen molar-refractivity contribution in [2.24, 2.45) is 5.92 Å². The van der Waals surface area contributed by atoms with E-state index in [1.54, 1.807) is 20.8 Å². The van der Waals surface area contributed by atoms with Gasteiger partial charge in [-0.05, 0) is 75.8 Å². The number of Topliss-reactive ketones (excluding diaryl/α,β-unsaturated/α-hetero) is 1. The van der Waals surface area contributed by atoms with Crippen molar-refractivity contribution in [1.82, 2.24) is 0 Å². The minimum absolute atomic E-state index is 0.0257. The number of hydrogen-bond donors (Lipinski definition) is 0. The Morgan fingerprint density at radius 3 is 2.24 bits per heavy atom. The van der Waals surface area contributed by atoms with Gasteiger partial charge in [-0.2, -0.15) is 0 Å². The molecule has 154 valence electrons. The summed E-state index contributed by atoms with van der Waals surface area (Å²) in [5.74, 6) is 0.767. The van der Waals surface area contributed by atoms with E-state index in [2.05, 4.69) is 28.1 Å². The quantitative estimate of drug-likeness (QED) is 0.390. The highest BCUT2D eigenvalue weighted by Crippen LogP contribution is 2.50. The Morgan fingerprint density at radius 2 is 1.69 bits per heavy atom. The van der Waals surface area contributed by atoms with Crippen LogP contribution in [0.1, 0.15) is 60.2 Å². The summed E-state index contributed by atoms with van der Waals surface area (Å²) in [6.07, 6.45) is 0.863. The molecule has 0 radical (unpaired) electrons. The van der Waals surface area contributed by atoms with Crippen LogP contribution in [0.4, 0.5) is 0 Å². The van der Waals surface area contributed by atoms with Crippen LogP contribution in [-0.4, -0.2) is 24.0 Å². The Labute approximate surface area is 180 Å². The van der Waals surface area contributed by atoms with E-state index < -0.39 is 5.60 Å². The number of benzene rings is 2. The van der Waals surface area contributed by atoms with Gasteiger partial charge in [0.15, 0.2) is 11.4 Å². The molecule has 1 aliphatic rings. The molecule has 4 nitrogen and oxygen atoms in total. The summed E-state index contributed by atoms with van der Waals surface area (Å²) < 4.78 is 12.1. The first-order chi connectivity index (χ1) is 13.6. The van der Waals surface area contributed by atoms with Crippen LogP contribution in [-0.2, 0) is 9.53 Å². The zero-order valence-corrected chi connectivity index (χ0v) is 19.1. The molecule has 0 spiro atoms. The number of halogens is 1. The number of carbonyl (C=O) groups is 2. The molecular weight excluding hydrogens is 432 g/mol. The second-order valence-electron chi connectivity index (χ2n) is 8.14. The Balaban J connectivity index is 1.76. The number of ketones is 1. The number of carbonyl (C=O) groups excluding carboxylic acids is 2. The monoisotopic (exact) mass is 458 g/mol. The van der Waals surface area contributed by atoms with Crippen LogP contribution in [0, 0.1) is 19.8 Å². The number of esters is 1. The second kappa shape index (κ2) is 8.31. The van der Waals surface area contributed by atoms with Crippen molar-refractivity contribution >= 4 is 27.7 Å². The van der Waals surface area contributed by atoms with E-state index >= 15 is 0 Å². The van der Waals surface area contributed by atoms with Gasteiger partial charge in [0.05, 0.1) is 6.61 Å². The van der Waals surface area contributed by atoms with Gasteiger partial charge in [-0.3, -0.25) is 4.79 Å². The van der Waals surface area contributed by atoms with Gasteiger partial charge in [-0.25, -0.2) is 4.79 Å². The SMILES string of the molecule is CCOC(=O)C(C)(C)Oc1c(C)cc(C2CC2C(=O)c2ccc(Br)cc2)cc1C. The van der Waals surface area contributed by atoms with Gasteiger partial charge >= 0.3 is 5.97 Å². The molecule has 1 aliphatic carbocycles. The Bertz CT molecular complexity index is 907. The van der Waals surface area contributed by atoms with E-state index in [4.69, 9.17) is 9.47 Å². The molecule has 3 rings (SSSR count). The summed E-state index contributed by atoms with van der Waals surface area (Å²) in [5.41, 5.74) is 2.76. The van der Waals surface area contributed by atoms with Crippen molar-refractivity contribution in [2.75, 3.05) is 6.61 Å². The lowest BCUT2D eigenvalue weighted by atomic mass is 9.98. The van der Waals surface area contributed by atoms with E-state index in [0.717, 1.165) is 33.1 Å². The number of hydrogen-bond acceptors (Lipinski definition) is 4. The molecule has 0 aromatic heterocycles. The average molecular weight is 459 g/mol. The minimum Gasteiger partial charge on any atom is -0.476 e. The molecule has 0 N–H and O–H groups in total. The van der Waals surface area contributed by atoms with E-state index in [-0.39, 0.29) is 23.6 Å². The molecule has 2 unspecified atom stereocenters. The van der Waals surface area contributed by atoms with Crippen molar-refractivity contribution in [3.8, 4) is 5.75 Å². The van der Waals surface area contributed by atoms with Crippen molar-refractivity contribution in [3.63, 3.8) is 0 Å². The van der Waals surface area contributed by atoms with Crippen molar-refractivity contribution in [2.45, 2.75) is 52.6 Å². The van der Waals surface area contributed by atoms with E-state index in [9.17, 15) is 9.59 Å². The lowest BCUT2D eigenvalue weighted by molar-refractivity contribution is -0.158. The maximum atomic E-state index is 12.8. The van der Waals surface area contributed by atoms with Gasteiger partial charge < -0.3 is 9.47 Å². The highest BCUT2D eigenvalue weighted by Gasteiger charge is 2.44. The topological polar surface area (TPSA) is 52.6 Å². The lowest BCUT2D eigenvalue weighted by Gasteiger charge is -2.26. The highest BCUT2D eigenvalue weighted by molar-refractivity contribution is 9.10. The summed E-state index contributed by atoms with van der Waals surface area (Å²) in [4.78, 5) is 24.9. The standard InChI is InChI=1S/C24H27BrO4/c1-6-28-23(27)24(4,5)29-22-14(2)11-17(12-15(22)3)19-13-20(19)21(26)16-7-9-18(25)10-8-16/h7-12,19-20H,6,13H2,1-5H3. The predicted molar refractivity (Wildman–Crippen MR) is 117 cm³/mol. The Kier molecular flexibility index (Phi) is 6.18. The van der Waals surface area contributed by atoms with Crippen molar-refractivity contribution in [3.05, 3.63) is 63.1 Å². The Hall–Kier alpha value is -2.14. The van der Waals surface area contributed by atoms with Crippen LogP contribution in [0.25, 0.3) is 0 Å². The smallest absolute Gasteiger partial charge is 0.349 e. The minimum atomic E-state index is -1.06. The van der Waals surface area contributed by atoms with Gasteiger partial charge in [0.25, 0.3) is 0 Å². The third-order valence-corrected chi connectivity index (χ3v) is 5.82. The second-order valence-corrected chi connectivity index (χ2v) is 9.05. The molecule has 0 amide bonds. The summed E-state index contributed by atoms with van der Waals surface area (Å²) >= 11 is 3.40. The maximum Gasteiger partial charge on any atom is 0.349 e. The molecule has 2 aromatic carbocycles. The molecule has 2 atom stereocenters. The predicted octanol–water partition coefficient (Wildman–Crippen LogP) is 5.77. The molecule has 29 heavy (non-hydrogen) atoms. The van der Waals surface area contributed by atoms with Crippen LogP contribution >= 0.6 is 15.9 Å². The van der Waals surface area contributed by atoms with Gasteiger partial charge in [-0.15, -0.1) is 0 Å². The zero-order chi connectivity index (χ0) is 21.3.